The van der Waals surface area contributed by atoms with Gasteiger partial charge < -0.3 is 15.0 Å². The summed E-state index contributed by atoms with van der Waals surface area (Å²) in [4.78, 5) is 46.5. The quantitative estimate of drug-likeness (QED) is 0.405. The van der Waals surface area contributed by atoms with Crippen molar-refractivity contribution < 1.29 is 9.90 Å². The first-order chi connectivity index (χ1) is 16.7. The molecule has 0 amide bonds. The molecule has 1 unspecified atom stereocenters. The van der Waals surface area contributed by atoms with Crippen molar-refractivity contribution in [3.8, 4) is 0 Å². The van der Waals surface area contributed by atoms with Gasteiger partial charge in [0, 0.05) is 25.7 Å². The predicted octanol–water partition coefficient (Wildman–Crippen LogP) is 3.12. The van der Waals surface area contributed by atoms with E-state index in [9.17, 15) is 19.5 Å². The van der Waals surface area contributed by atoms with Crippen LogP contribution in [-0.4, -0.2) is 34.7 Å². The molecule has 0 aliphatic heterocycles. The zero-order chi connectivity index (χ0) is 25.0. The van der Waals surface area contributed by atoms with Gasteiger partial charge in [0.2, 0.25) is 5.95 Å². The Morgan fingerprint density at radius 3 is 2.57 bits per heavy atom. The number of anilines is 2. The molecule has 2 N–H and O–H groups in total. The molecule has 1 aliphatic rings. The number of imidazole rings is 1. The lowest BCUT2D eigenvalue weighted by atomic mass is 10.2. The van der Waals surface area contributed by atoms with Crippen molar-refractivity contribution in [1.29, 1.82) is 0 Å². The number of rotatable bonds is 6. The predicted molar refractivity (Wildman–Crippen MR) is 132 cm³/mol. The number of aliphatic carboxylic acids is 1. The van der Waals surface area contributed by atoms with Crippen LogP contribution >= 0.6 is 23.2 Å². The Labute approximate surface area is 208 Å². The lowest BCUT2D eigenvalue weighted by Crippen LogP contribution is -2.39. The van der Waals surface area contributed by atoms with Crippen molar-refractivity contribution in [3.05, 3.63) is 78.5 Å². The number of aryl methyl sites for hydroxylation is 2. The SMILES string of the molecule is Cn1c(Nc2cccc(C3C[C@@H]3C(=O)O)n2)nc2c1c(=O)n(Cc1ccc(Cl)c(Cl)c1)c(=O)n2C. The lowest BCUT2D eigenvalue weighted by Gasteiger charge is -2.09. The van der Waals surface area contributed by atoms with Crippen LogP contribution in [0.4, 0.5) is 11.8 Å². The van der Waals surface area contributed by atoms with Crippen LogP contribution in [0.2, 0.25) is 10.0 Å². The van der Waals surface area contributed by atoms with Gasteiger partial charge >= 0.3 is 11.7 Å². The molecule has 3 heterocycles. The van der Waals surface area contributed by atoms with Crippen LogP contribution in [0.3, 0.4) is 0 Å². The third-order valence-electron chi connectivity index (χ3n) is 6.18. The maximum atomic E-state index is 13.3. The molecule has 12 heteroatoms. The number of nitrogens with one attached hydrogen (secondary N) is 1. The molecule has 3 aromatic heterocycles. The maximum Gasteiger partial charge on any atom is 0.332 e. The van der Waals surface area contributed by atoms with Gasteiger partial charge in [-0.15, -0.1) is 0 Å². The van der Waals surface area contributed by atoms with Crippen molar-refractivity contribution >= 4 is 52.1 Å². The standard InChI is InChI=1S/C23H20Cl2N6O4/c1-29-18-19(28-22(29)27-17-5-3-4-16(26-17)12-9-13(12)21(33)34)30(2)23(35)31(20(18)32)10-11-6-7-14(24)15(25)8-11/h3-8,12-13H,9-10H2,1-2H3,(H,33,34)(H,26,27,28)/t12?,13-/m0/s1. The number of nitrogens with zero attached hydrogens (tertiary/aromatic N) is 5. The number of halogens is 2. The molecule has 0 spiro atoms. The highest BCUT2D eigenvalue weighted by molar-refractivity contribution is 6.42. The van der Waals surface area contributed by atoms with Crippen LogP contribution in [0.1, 0.15) is 23.6 Å². The topological polar surface area (TPSA) is 124 Å². The fourth-order valence-electron chi connectivity index (χ4n) is 4.15. The molecule has 1 fully saturated rings. The van der Waals surface area contributed by atoms with Crippen LogP contribution in [0.5, 0.6) is 0 Å². The third-order valence-corrected chi connectivity index (χ3v) is 6.92. The molecule has 4 aromatic rings. The minimum Gasteiger partial charge on any atom is -0.481 e. The highest BCUT2D eigenvalue weighted by Gasteiger charge is 2.45. The Morgan fingerprint density at radius 1 is 1.11 bits per heavy atom. The molecule has 2 atom stereocenters. The smallest absolute Gasteiger partial charge is 0.332 e. The molecule has 35 heavy (non-hydrogen) atoms. The molecule has 180 valence electrons. The van der Waals surface area contributed by atoms with E-state index in [1.807, 2.05) is 0 Å². The number of benzene rings is 1. The van der Waals surface area contributed by atoms with E-state index >= 15 is 0 Å². The van der Waals surface area contributed by atoms with Crippen molar-refractivity contribution in [2.45, 2.75) is 18.9 Å². The first-order valence-electron chi connectivity index (χ1n) is 10.7. The van der Waals surface area contributed by atoms with E-state index in [1.165, 1.54) is 4.57 Å². The first kappa shape index (κ1) is 23.1. The highest BCUT2D eigenvalue weighted by atomic mass is 35.5. The zero-order valence-corrected chi connectivity index (χ0v) is 20.2. The number of hydrogen-bond donors (Lipinski definition) is 2. The monoisotopic (exact) mass is 514 g/mol. The Balaban J connectivity index is 1.52. The van der Waals surface area contributed by atoms with E-state index in [2.05, 4.69) is 15.3 Å². The zero-order valence-electron chi connectivity index (χ0n) is 18.7. The van der Waals surface area contributed by atoms with Gasteiger partial charge in [-0.3, -0.25) is 18.7 Å². The van der Waals surface area contributed by atoms with Crippen LogP contribution in [0, 0.1) is 5.92 Å². The lowest BCUT2D eigenvalue weighted by molar-refractivity contribution is -0.138. The Bertz CT molecular complexity index is 1620. The number of carbonyl (C=O) groups is 1. The number of carboxylic acids is 1. The maximum absolute atomic E-state index is 13.3. The molecule has 5 rings (SSSR count). The average Bonchev–Trinajstić information content (AvgIpc) is 3.57. The summed E-state index contributed by atoms with van der Waals surface area (Å²) < 4.78 is 3.99. The summed E-state index contributed by atoms with van der Waals surface area (Å²) >= 11 is 12.1. The third kappa shape index (κ3) is 4.08. The second-order valence-corrected chi connectivity index (χ2v) is 9.32. The van der Waals surface area contributed by atoms with E-state index < -0.39 is 23.1 Å². The van der Waals surface area contributed by atoms with Gasteiger partial charge in [-0.05, 0) is 36.2 Å². The van der Waals surface area contributed by atoms with Gasteiger partial charge in [-0.1, -0.05) is 35.3 Å². The minimum absolute atomic E-state index is 0.0159. The van der Waals surface area contributed by atoms with Gasteiger partial charge in [0.1, 0.15) is 5.82 Å². The second-order valence-electron chi connectivity index (χ2n) is 8.51. The summed E-state index contributed by atoms with van der Waals surface area (Å²) in [6.45, 7) is 0.0159. The van der Waals surface area contributed by atoms with Gasteiger partial charge in [0.05, 0.1) is 22.5 Å². The summed E-state index contributed by atoms with van der Waals surface area (Å²) in [5.74, 6) is -0.600. The fourth-order valence-corrected chi connectivity index (χ4v) is 4.47. The van der Waals surface area contributed by atoms with E-state index in [0.717, 1.165) is 4.57 Å². The molecular formula is C23H20Cl2N6O4. The summed E-state index contributed by atoms with van der Waals surface area (Å²) in [6.07, 6.45) is 0.554. The minimum atomic E-state index is -0.830. The van der Waals surface area contributed by atoms with Gasteiger partial charge in [-0.25, -0.2) is 9.78 Å². The van der Waals surface area contributed by atoms with Crippen molar-refractivity contribution in [3.63, 3.8) is 0 Å². The largest absolute Gasteiger partial charge is 0.481 e. The van der Waals surface area contributed by atoms with Crippen molar-refractivity contribution in [2.75, 3.05) is 5.32 Å². The van der Waals surface area contributed by atoms with Gasteiger partial charge in [-0.2, -0.15) is 4.98 Å². The van der Waals surface area contributed by atoms with Crippen LogP contribution in [0.25, 0.3) is 11.2 Å². The molecular weight excluding hydrogens is 495 g/mol. The van der Waals surface area contributed by atoms with Crippen LogP contribution in [0.15, 0.2) is 46.0 Å². The van der Waals surface area contributed by atoms with Crippen molar-refractivity contribution in [2.24, 2.45) is 20.0 Å². The number of hydrogen-bond acceptors (Lipinski definition) is 6. The average molecular weight is 515 g/mol. The molecule has 0 saturated heterocycles. The van der Waals surface area contributed by atoms with Gasteiger partial charge in [0.15, 0.2) is 11.2 Å². The summed E-state index contributed by atoms with van der Waals surface area (Å²) in [5.41, 5.74) is 0.767. The normalized spacial score (nSPS) is 17.0. The van der Waals surface area contributed by atoms with E-state index in [1.54, 1.807) is 55.1 Å². The highest BCUT2D eigenvalue weighted by Crippen LogP contribution is 2.47. The number of fused-ring (bicyclic) bond motifs is 1. The fraction of sp³-hybridized carbons (Fsp3) is 0.261. The molecule has 1 aromatic carbocycles. The Hall–Kier alpha value is -3.63. The van der Waals surface area contributed by atoms with Crippen LogP contribution in [-0.2, 0) is 25.4 Å². The molecule has 1 saturated carbocycles. The van der Waals surface area contributed by atoms with E-state index in [0.29, 0.717) is 39.5 Å². The Morgan fingerprint density at radius 2 is 1.89 bits per heavy atom. The Kier molecular flexibility index (Phi) is 5.65. The first-order valence-corrected chi connectivity index (χ1v) is 11.5. The van der Waals surface area contributed by atoms with E-state index in [-0.39, 0.29) is 23.6 Å². The number of carboxylic acid groups (broad SMARTS) is 1. The molecule has 1 aliphatic carbocycles. The number of aromatic nitrogens is 5. The summed E-state index contributed by atoms with van der Waals surface area (Å²) in [6, 6.07) is 10.2. The number of pyridine rings is 1. The summed E-state index contributed by atoms with van der Waals surface area (Å²) in [5, 5.41) is 13.0. The summed E-state index contributed by atoms with van der Waals surface area (Å²) in [7, 11) is 3.21. The van der Waals surface area contributed by atoms with E-state index in [4.69, 9.17) is 23.2 Å². The molecule has 0 bridgehead atoms. The molecule has 10 nitrogen and oxygen atoms in total. The van der Waals surface area contributed by atoms with Crippen LogP contribution < -0.4 is 16.6 Å². The van der Waals surface area contributed by atoms with Gasteiger partial charge in [0.25, 0.3) is 5.56 Å². The second kappa shape index (κ2) is 8.54. The van der Waals surface area contributed by atoms with Crippen molar-refractivity contribution in [1.82, 2.24) is 23.7 Å². The molecule has 0 radical (unpaired) electrons.